The number of hydrogen-bond donors (Lipinski definition) is 2. The smallest absolute Gasteiger partial charge is 0.237 e. The molecule has 0 fully saturated rings. The zero-order valence-electron chi connectivity index (χ0n) is 10.2. The van der Waals surface area contributed by atoms with Gasteiger partial charge in [0, 0.05) is 25.8 Å². The highest BCUT2D eigenvalue weighted by atomic mass is 16.2. The Morgan fingerprint density at radius 2 is 2.19 bits per heavy atom. The molecule has 0 saturated carbocycles. The largest absolute Gasteiger partial charge is 0.353 e. The Hall–Kier alpha value is -1.43. The number of carbonyl (C=O) groups is 1. The predicted octanol–water partition coefficient (Wildman–Crippen LogP) is -0.182. The number of carbonyl (C=O) groups excluding carboxylic acids is 1. The number of aromatic nitrogens is 3. The Labute approximate surface area is 95.4 Å². The van der Waals surface area contributed by atoms with Gasteiger partial charge in [0.05, 0.1) is 11.7 Å². The van der Waals surface area contributed by atoms with Crippen molar-refractivity contribution in [3.8, 4) is 0 Å². The van der Waals surface area contributed by atoms with Crippen LogP contribution in [-0.4, -0.2) is 33.0 Å². The van der Waals surface area contributed by atoms with Crippen molar-refractivity contribution in [2.45, 2.75) is 39.4 Å². The van der Waals surface area contributed by atoms with Crippen molar-refractivity contribution in [2.75, 3.05) is 0 Å². The van der Waals surface area contributed by atoms with Gasteiger partial charge in [-0.2, -0.15) is 0 Å². The number of nitrogens with one attached hydrogen (secondary N) is 2. The molecular weight excluding hydrogens is 206 g/mol. The summed E-state index contributed by atoms with van der Waals surface area (Å²) in [6, 6.07) is -0.0716. The summed E-state index contributed by atoms with van der Waals surface area (Å²) >= 11 is 0. The lowest BCUT2D eigenvalue weighted by Crippen LogP contribution is -2.44. The van der Waals surface area contributed by atoms with E-state index in [2.05, 4.69) is 20.9 Å². The van der Waals surface area contributed by atoms with Gasteiger partial charge >= 0.3 is 0 Å². The molecule has 1 aromatic heterocycles. The average molecular weight is 225 g/mol. The normalized spacial score (nSPS) is 12.8. The van der Waals surface area contributed by atoms with Gasteiger partial charge in [-0.25, -0.2) is 0 Å². The molecule has 0 aliphatic rings. The molecular formula is C10H19N5O. The standard InChI is InChI=1S/C10H19N5O/c1-7(2)12-10(16)8(3)11-5-9-6-15(4)14-13-9/h6-8,11H,5H2,1-4H3,(H,12,16). The van der Waals surface area contributed by atoms with Crippen LogP contribution in [-0.2, 0) is 18.4 Å². The van der Waals surface area contributed by atoms with Crippen LogP contribution >= 0.6 is 0 Å². The highest BCUT2D eigenvalue weighted by molar-refractivity contribution is 5.81. The first-order chi connectivity index (χ1) is 7.49. The predicted molar refractivity (Wildman–Crippen MR) is 60.6 cm³/mol. The number of nitrogens with zero attached hydrogens (tertiary/aromatic N) is 3. The van der Waals surface area contributed by atoms with Crippen molar-refractivity contribution in [3.05, 3.63) is 11.9 Å². The summed E-state index contributed by atoms with van der Waals surface area (Å²) in [7, 11) is 1.81. The molecule has 90 valence electrons. The van der Waals surface area contributed by atoms with E-state index in [4.69, 9.17) is 0 Å². The van der Waals surface area contributed by atoms with Crippen LogP contribution in [0.5, 0.6) is 0 Å². The van der Waals surface area contributed by atoms with Crippen molar-refractivity contribution in [3.63, 3.8) is 0 Å². The van der Waals surface area contributed by atoms with E-state index in [1.165, 1.54) is 0 Å². The Bertz CT molecular complexity index is 347. The van der Waals surface area contributed by atoms with E-state index < -0.39 is 0 Å². The maximum atomic E-state index is 11.6. The van der Waals surface area contributed by atoms with Crippen molar-refractivity contribution in [2.24, 2.45) is 7.05 Å². The van der Waals surface area contributed by atoms with Crippen LogP contribution in [0.15, 0.2) is 6.20 Å². The molecule has 6 nitrogen and oxygen atoms in total. The summed E-state index contributed by atoms with van der Waals surface area (Å²) in [5.41, 5.74) is 0.826. The second-order valence-corrected chi connectivity index (χ2v) is 4.15. The summed E-state index contributed by atoms with van der Waals surface area (Å²) in [5, 5.41) is 13.7. The minimum Gasteiger partial charge on any atom is -0.353 e. The molecule has 0 spiro atoms. The fraction of sp³-hybridized carbons (Fsp3) is 0.700. The number of rotatable bonds is 5. The molecule has 0 aliphatic heterocycles. The lowest BCUT2D eigenvalue weighted by Gasteiger charge is -2.15. The lowest BCUT2D eigenvalue weighted by molar-refractivity contribution is -0.123. The zero-order chi connectivity index (χ0) is 12.1. The molecule has 1 unspecified atom stereocenters. The second kappa shape index (κ2) is 5.60. The van der Waals surface area contributed by atoms with E-state index >= 15 is 0 Å². The van der Waals surface area contributed by atoms with Crippen LogP contribution < -0.4 is 10.6 Å². The average Bonchev–Trinajstić information content (AvgIpc) is 2.59. The van der Waals surface area contributed by atoms with E-state index in [-0.39, 0.29) is 18.0 Å². The van der Waals surface area contributed by atoms with Gasteiger partial charge in [0.15, 0.2) is 0 Å². The van der Waals surface area contributed by atoms with Gasteiger partial charge in [-0.15, -0.1) is 5.10 Å². The van der Waals surface area contributed by atoms with Gasteiger partial charge in [-0.1, -0.05) is 5.21 Å². The van der Waals surface area contributed by atoms with Gasteiger partial charge in [0.1, 0.15) is 0 Å². The first kappa shape index (κ1) is 12.6. The minimum absolute atomic E-state index is 0.00103. The second-order valence-electron chi connectivity index (χ2n) is 4.15. The fourth-order valence-corrected chi connectivity index (χ4v) is 1.24. The van der Waals surface area contributed by atoms with E-state index in [1.807, 2.05) is 34.0 Å². The van der Waals surface area contributed by atoms with Crippen LogP contribution in [0.4, 0.5) is 0 Å². The molecule has 1 atom stereocenters. The van der Waals surface area contributed by atoms with Gasteiger partial charge in [0.2, 0.25) is 5.91 Å². The summed E-state index contributed by atoms with van der Waals surface area (Å²) < 4.78 is 1.63. The monoisotopic (exact) mass is 225 g/mol. The third-order valence-corrected chi connectivity index (χ3v) is 2.06. The summed E-state index contributed by atoms with van der Waals surface area (Å²) in [5.74, 6) is -0.00103. The van der Waals surface area contributed by atoms with E-state index in [0.29, 0.717) is 6.54 Å². The third kappa shape index (κ3) is 3.98. The maximum absolute atomic E-state index is 11.6. The van der Waals surface area contributed by atoms with Crippen molar-refractivity contribution in [1.82, 2.24) is 25.6 Å². The quantitative estimate of drug-likeness (QED) is 0.729. The molecule has 0 radical (unpaired) electrons. The topological polar surface area (TPSA) is 71.8 Å². The van der Waals surface area contributed by atoms with Crippen LogP contribution in [0, 0.1) is 0 Å². The van der Waals surface area contributed by atoms with E-state index in [1.54, 1.807) is 4.68 Å². The van der Waals surface area contributed by atoms with Crippen LogP contribution in [0.1, 0.15) is 26.5 Å². The molecule has 1 rings (SSSR count). The lowest BCUT2D eigenvalue weighted by atomic mass is 10.2. The van der Waals surface area contributed by atoms with Crippen LogP contribution in [0.25, 0.3) is 0 Å². The highest BCUT2D eigenvalue weighted by Gasteiger charge is 2.13. The summed E-state index contributed by atoms with van der Waals surface area (Å²) in [6.45, 7) is 6.25. The third-order valence-electron chi connectivity index (χ3n) is 2.06. The van der Waals surface area contributed by atoms with Gasteiger partial charge in [-0.3, -0.25) is 9.48 Å². The molecule has 0 aliphatic carbocycles. The fourth-order valence-electron chi connectivity index (χ4n) is 1.24. The van der Waals surface area contributed by atoms with E-state index in [9.17, 15) is 4.79 Å². The molecule has 1 aromatic rings. The van der Waals surface area contributed by atoms with Crippen molar-refractivity contribution >= 4 is 5.91 Å². The summed E-state index contributed by atoms with van der Waals surface area (Å²) in [6.07, 6.45) is 1.82. The van der Waals surface area contributed by atoms with Gasteiger partial charge in [-0.05, 0) is 20.8 Å². The van der Waals surface area contributed by atoms with Gasteiger partial charge < -0.3 is 10.6 Å². The molecule has 16 heavy (non-hydrogen) atoms. The molecule has 1 heterocycles. The van der Waals surface area contributed by atoms with Gasteiger partial charge in [0.25, 0.3) is 0 Å². The number of amides is 1. The molecule has 0 saturated heterocycles. The first-order valence-corrected chi connectivity index (χ1v) is 5.38. The molecule has 0 aromatic carbocycles. The van der Waals surface area contributed by atoms with Crippen molar-refractivity contribution < 1.29 is 4.79 Å². The SMILES string of the molecule is CC(C)NC(=O)C(C)NCc1cn(C)nn1. The van der Waals surface area contributed by atoms with Crippen molar-refractivity contribution in [1.29, 1.82) is 0 Å². The first-order valence-electron chi connectivity index (χ1n) is 5.38. The van der Waals surface area contributed by atoms with Crippen LogP contribution in [0.3, 0.4) is 0 Å². The Kier molecular flexibility index (Phi) is 4.42. The Balaban J connectivity index is 2.34. The Morgan fingerprint density at radius 1 is 1.50 bits per heavy atom. The molecule has 6 heteroatoms. The summed E-state index contributed by atoms with van der Waals surface area (Å²) in [4.78, 5) is 11.6. The van der Waals surface area contributed by atoms with E-state index in [0.717, 1.165) is 5.69 Å². The molecule has 0 bridgehead atoms. The number of aryl methyl sites for hydroxylation is 1. The van der Waals surface area contributed by atoms with Crippen LogP contribution in [0.2, 0.25) is 0 Å². The molecule has 1 amide bonds. The minimum atomic E-state index is -0.232. The Morgan fingerprint density at radius 3 is 2.69 bits per heavy atom. The zero-order valence-corrected chi connectivity index (χ0v) is 10.2. The maximum Gasteiger partial charge on any atom is 0.237 e. The number of hydrogen-bond acceptors (Lipinski definition) is 4. The molecule has 2 N–H and O–H groups in total. The highest BCUT2D eigenvalue weighted by Crippen LogP contribution is 1.92.